The van der Waals surface area contributed by atoms with Crippen LogP contribution in [0.25, 0.3) is 0 Å². The Kier molecular flexibility index (Phi) is 6.58. The van der Waals surface area contributed by atoms with Crippen molar-refractivity contribution in [1.82, 2.24) is 4.90 Å². The number of ether oxygens (including phenoxy) is 1. The highest BCUT2D eigenvalue weighted by molar-refractivity contribution is 7.98. The summed E-state index contributed by atoms with van der Waals surface area (Å²) in [5.41, 5.74) is 1.22. The van der Waals surface area contributed by atoms with Gasteiger partial charge in [-0.1, -0.05) is 18.2 Å². The van der Waals surface area contributed by atoms with Crippen molar-refractivity contribution in [3.8, 4) is 5.75 Å². The lowest BCUT2D eigenvalue weighted by Gasteiger charge is -2.33. The molecule has 0 saturated carbocycles. The van der Waals surface area contributed by atoms with Gasteiger partial charge in [0.1, 0.15) is 11.9 Å². The number of methoxy groups -OCH3 is 1. The van der Waals surface area contributed by atoms with Gasteiger partial charge in [-0.25, -0.2) is 0 Å². The Balaban J connectivity index is 1.91. The molecular formula is C17H25NO3S. The van der Waals surface area contributed by atoms with E-state index in [1.54, 1.807) is 23.8 Å². The van der Waals surface area contributed by atoms with Gasteiger partial charge in [-0.05, 0) is 48.8 Å². The van der Waals surface area contributed by atoms with Crippen LogP contribution in [0.3, 0.4) is 0 Å². The molecule has 5 heteroatoms. The maximum absolute atomic E-state index is 12.2. The van der Waals surface area contributed by atoms with Crippen LogP contribution in [0.2, 0.25) is 0 Å². The Bertz CT molecular complexity index is 487. The van der Waals surface area contributed by atoms with Crippen LogP contribution in [-0.4, -0.2) is 54.2 Å². The van der Waals surface area contributed by atoms with E-state index in [1.807, 2.05) is 24.5 Å². The van der Waals surface area contributed by atoms with Crippen LogP contribution in [0.5, 0.6) is 5.75 Å². The van der Waals surface area contributed by atoms with Crippen molar-refractivity contribution in [2.45, 2.75) is 31.3 Å². The number of hydrogen-bond donors (Lipinski definition) is 1. The van der Waals surface area contributed by atoms with Crippen LogP contribution in [0.4, 0.5) is 0 Å². The highest BCUT2D eigenvalue weighted by Gasteiger charge is 2.28. The zero-order valence-corrected chi connectivity index (χ0v) is 14.1. The highest BCUT2D eigenvalue weighted by atomic mass is 32.2. The average Bonchev–Trinajstić information content (AvgIpc) is 2.59. The van der Waals surface area contributed by atoms with Crippen LogP contribution >= 0.6 is 11.8 Å². The predicted molar refractivity (Wildman–Crippen MR) is 90.6 cm³/mol. The molecule has 122 valence electrons. The molecule has 0 radical (unpaired) electrons. The second kappa shape index (κ2) is 8.44. The molecule has 22 heavy (non-hydrogen) atoms. The summed E-state index contributed by atoms with van der Waals surface area (Å²) >= 11 is 1.65. The second-order valence-corrected chi connectivity index (χ2v) is 6.62. The first-order valence-corrected chi connectivity index (χ1v) is 9.15. The van der Waals surface area contributed by atoms with Gasteiger partial charge in [0.05, 0.1) is 7.11 Å². The molecule has 1 heterocycles. The lowest BCUT2D eigenvalue weighted by molar-refractivity contribution is -0.141. The van der Waals surface area contributed by atoms with Gasteiger partial charge in [-0.15, -0.1) is 0 Å². The third-order valence-corrected chi connectivity index (χ3v) is 4.91. The molecule has 1 atom stereocenters. The van der Waals surface area contributed by atoms with Crippen LogP contribution in [0.1, 0.15) is 30.7 Å². The number of benzene rings is 1. The van der Waals surface area contributed by atoms with Crippen molar-refractivity contribution in [3.63, 3.8) is 0 Å². The molecule has 0 aliphatic carbocycles. The third-order valence-electron chi connectivity index (χ3n) is 4.27. The second-order valence-electron chi connectivity index (χ2n) is 5.64. The van der Waals surface area contributed by atoms with Gasteiger partial charge in [-0.2, -0.15) is 11.8 Å². The number of nitrogens with zero attached hydrogens (tertiary/aromatic N) is 1. The molecule has 1 saturated heterocycles. The Morgan fingerprint density at radius 2 is 2.09 bits per heavy atom. The summed E-state index contributed by atoms with van der Waals surface area (Å²) in [4.78, 5) is 14.0. The summed E-state index contributed by atoms with van der Waals surface area (Å²) in [7, 11) is 1.69. The topological polar surface area (TPSA) is 49.8 Å². The first kappa shape index (κ1) is 17.2. The van der Waals surface area contributed by atoms with Gasteiger partial charge in [0.25, 0.3) is 5.91 Å². The summed E-state index contributed by atoms with van der Waals surface area (Å²) in [5, 5.41) is 9.94. The van der Waals surface area contributed by atoms with Gasteiger partial charge in [-0.3, -0.25) is 4.79 Å². The fourth-order valence-corrected chi connectivity index (χ4v) is 3.44. The van der Waals surface area contributed by atoms with Gasteiger partial charge in [0.15, 0.2) is 0 Å². The van der Waals surface area contributed by atoms with Gasteiger partial charge in [0.2, 0.25) is 0 Å². The quantitative estimate of drug-likeness (QED) is 0.874. The van der Waals surface area contributed by atoms with Crippen molar-refractivity contribution < 1.29 is 14.6 Å². The fraction of sp³-hybridized carbons (Fsp3) is 0.588. The summed E-state index contributed by atoms with van der Waals surface area (Å²) in [6.45, 7) is 1.41. The van der Waals surface area contributed by atoms with Crippen molar-refractivity contribution >= 4 is 17.7 Å². The molecular weight excluding hydrogens is 298 g/mol. The highest BCUT2D eigenvalue weighted by Crippen LogP contribution is 2.34. The summed E-state index contributed by atoms with van der Waals surface area (Å²) < 4.78 is 5.43. The monoisotopic (exact) mass is 323 g/mol. The number of thioether (sulfide) groups is 1. The van der Waals surface area contributed by atoms with Crippen molar-refractivity contribution in [2.24, 2.45) is 0 Å². The van der Waals surface area contributed by atoms with Crippen molar-refractivity contribution in [3.05, 3.63) is 29.8 Å². The number of carbonyl (C=O) groups is 1. The van der Waals surface area contributed by atoms with E-state index in [9.17, 15) is 9.90 Å². The molecule has 2 rings (SSSR count). The maximum Gasteiger partial charge on any atom is 0.251 e. The first-order valence-electron chi connectivity index (χ1n) is 7.76. The summed E-state index contributed by atoms with van der Waals surface area (Å²) in [6.07, 6.45) is 3.50. The fourth-order valence-electron chi connectivity index (χ4n) is 2.98. The molecule has 1 amide bonds. The Morgan fingerprint density at radius 1 is 1.41 bits per heavy atom. The maximum atomic E-state index is 12.2. The largest absolute Gasteiger partial charge is 0.496 e. The Hall–Kier alpha value is -1.20. The normalized spacial score (nSPS) is 17.3. The SMILES string of the molecule is COc1ccccc1C1CCN(C(=O)[C@@H](O)CCSC)CC1. The smallest absolute Gasteiger partial charge is 0.251 e. The number of aliphatic hydroxyl groups is 1. The minimum Gasteiger partial charge on any atom is -0.496 e. The zero-order chi connectivity index (χ0) is 15.9. The van der Waals surface area contributed by atoms with Gasteiger partial charge >= 0.3 is 0 Å². The van der Waals surface area contributed by atoms with Gasteiger partial charge in [0, 0.05) is 13.1 Å². The molecule has 1 aliphatic rings. The summed E-state index contributed by atoms with van der Waals surface area (Å²) in [5.74, 6) is 2.04. The molecule has 0 bridgehead atoms. The molecule has 0 spiro atoms. The number of rotatable bonds is 6. The molecule has 1 aromatic rings. The standard InChI is InChI=1S/C17H25NO3S/c1-21-16-6-4-3-5-14(16)13-7-10-18(11-8-13)17(20)15(19)9-12-22-2/h3-6,13,15,19H,7-12H2,1-2H3/t15-/m0/s1. The molecule has 0 unspecified atom stereocenters. The van der Waals surface area contributed by atoms with Crippen LogP contribution in [0, 0.1) is 0 Å². The van der Waals surface area contributed by atoms with Crippen molar-refractivity contribution in [2.75, 3.05) is 32.2 Å². The van der Waals surface area contributed by atoms with E-state index in [-0.39, 0.29) is 5.91 Å². The minimum absolute atomic E-state index is 0.118. The molecule has 1 N–H and O–H groups in total. The van der Waals surface area contributed by atoms with Crippen molar-refractivity contribution in [1.29, 1.82) is 0 Å². The van der Waals surface area contributed by atoms with E-state index in [1.165, 1.54) is 5.56 Å². The van der Waals surface area contributed by atoms with E-state index in [0.717, 1.165) is 24.3 Å². The van der Waals surface area contributed by atoms with E-state index in [4.69, 9.17) is 4.74 Å². The number of aliphatic hydroxyl groups excluding tert-OH is 1. The Labute approximate surface area is 136 Å². The predicted octanol–water partition coefficient (Wildman–Crippen LogP) is 2.52. The molecule has 1 fully saturated rings. The van der Waals surface area contributed by atoms with Crippen LogP contribution in [-0.2, 0) is 4.79 Å². The van der Waals surface area contributed by atoms with E-state index in [0.29, 0.717) is 25.4 Å². The Morgan fingerprint density at radius 3 is 2.73 bits per heavy atom. The van der Waals surface area contributed by atoms with E-state index in [2.05, 4.69) is 6.07 Å². The first-order chi connectivity index (χ1) is 10.7. The number of carbonyl (C=O) groups excluding carboxylic acids is 1. The van der Waals surface area contributed by atoms with Gasteiger partial charge < -0.3 is 14.7 Å². The lowest BCUT2D eigenvalue weighted by atomic mass is 9.88. The number of piperidine rings is 1. The minimum atomic E-state index is -0.852. The average molecular weight is 323 g/mol. The molecule has 1 aliphatic heterocycles. The number of hydrogen-bond acceptors (Lipinski definition) is 4. The van der Waals surface area contributed by atoms with Crippen LogP contribution < -0.4 is 4.74 Å². The molecule has 4 nitrogen and oxygen atoms in total. The lowest BCUT2D eigenvalue weighted by Crippen LogP contribution is -2.43. The van der Waals surface area contributed by atoms with E-state index < -0.39 is 6.10 Å². The van der Waals surface area contributed by atoms with Crippen LogP contribution in [0.15, 0.2) is 24.3 Å². The molecule has 0 aromatic heterocycles. The zero-order valence-electron chi connectivity index (χ0n) is 13.3. The number of likely N-dealkylation sites (tertiary alicyclic amines) is 1. The number of para-hydroxylation sites is 1. The molecule has 1 aromatic carbocycles. The number of amides is 1. The third kappa shape index (κ3) is 4.17. The van der Waals surface area contributed by atoms with E-state index >= 15 is 0 Å². The summed E-state index contributed by atoms with van der Waals surface area (Å²) in [6, 6.07) is 8.10.